The number of aryl methyl sites for hydroxylation is 2. The molecule has 2 aromatic rings. The fraction of sp³-hybridized carbons (Fsp3) is 0.214. The second-order valence-corrected chi connectivity index (χ2v) is 4.80. The highest BCUT2D eigenvalue weighted by Gasteiger charge is 2.06. The molecule has 1 heterocycles. The first-order valence-corrected chi connectivity index (χ1v) is 6.35. The van der Waals surface area contributed by atoms with E-state index in [-0.39, 0.29) is 0 Å². The molecule has 0 spiro atoms. The van der Waals surface area contributed by atoms with E-state index in [0.29, 0.717) is 12.2 Å². The molecule has 0 atom stereocenters. The lowest BCUT2D eigenvalue weighted by atomic mass is 10.1. The standard InChI is InChI=1S/C14H14O2S/c1-10-5-13(7-15)6-11(2)14(10)16-8-12-3-4-17-9-12/h3-7,9H,8H2,1-2H3. The average Bonchev–Trinajstić information content (AvgIpc) is 2.80. The lowest BCUT2D eigenvalue weighted by Crippen LogP contribution is -1.99. The van der Waals surface area contributed by atoms with Gasteiger partial charge in [0.05, 0.1) is 0 Å². The first-order chi connectivity index (χ1) is 8.20. The van der Waals surface area contributed by atoms with Crippen molar-refractivity contribution in [2.45, 2.75) is 20.5 Å². The molecule has 2 nitrogen and oxygen atoms in total. The van der Waals surface area contributed by atoms with Crippen LogP contribution in [0.3, 0.4) is 0 Å². The lowest BCUT2D eigenvalue weighted by Gasteiger charge is -2.12. The highest BCUT2D eigenvalue weighted by atomic mass is 32.1. The van der Waals surface area contributed by atoms with E-state index in [1.54, 1.807) is 11.3 Å². The maximum Gasteiger partial charge on any atom is 0.150 e. The van der Waals surface area contributed by atoms with Gasteiger partial charge in [-0.2, -0.15) is 11.3 Å². The Morgan fingerprint density at radius 3 is 2.53 bits per heavy atom. The summed E-state index contributed by atoms with van der Waals surface area (Å²) in [5.41, 5.74) is 3.88. The van der Waals surface area contributed by atoms with Crippen LogP contribution in [0.2, 0.25) is 0 Å². The van der Waals surface area contributed by atoms with Crippen LogP contribution in [-0.2, 0) is 6.61 Å². The molecule has 0 unspecified atom stereocenters. The van der Waals surface area contributed by atoms with Crippen molar-refractivity contribution in [2.75, 3.05) is 0 Å². The molecule has 88 valence electrons. The quantitative estimate of drug-likeness (QED) is 0.768. The Morgan fingerprint density at radius 1 is 1.29 bits per heavy atom. The number of carbonyl (C=O) groups is 1. The van der Waals surface area contributed by atoms with Crippen LogP contribution < -0.4 is 4.74 Å². The van der Waals surface area contributed by atoms with E-state index in [9.17, 15) is 4.79 Å². The number of thiophene rings is 1. The van der Waals surface area contributed by atoms with Gasteiger partial charge in [0.2, 0.25) is 0 Å². The summed E-state index contributed by atoms with van der Waals surface area (Å²) in [5, 5.41) is 4.11. The second kappa shape index (κ2) is 5.15. The number of carbonyl (C=O) groups excluding carboxylic acids is 1. The van der Waals surface area contributed by atoms with Crippen LogP contribution in [0.25, 0.3) is 0 Å². The third-order valence-electron chi connectivity index (χ3n) is 2.58. The van der Waals surface area contributed by atoms with E-state index in [0.717, 1.165) is 23.2 Å². The summed E-state index contributed by atoms with van der Waals surface area (Å²) in [6.07, 6.45) is 0.864. The van der Waals surface area contributed by atoms with Crippen molar-refractivity contribution < 1.29 is 9.53 Å². The van der Waals surface area contributed by atoms with Crippen molar-refractivity contribution in [3.8, 4) is 5.75 Å². The number of ether oxygens (including phenoxy) is 1. The Kier molecular flexibility index (Phi) is 3.59. The molecule has 1 aromatic heterocycles. The zero-order valence-corrected chi connectivity index (χ0v) is 10.7. The van der Waals surface area contributed by atoms with Crippen molar-refractivity contribution >= 4 is 17.6 Å². The van der Waals surface area contributed by atoms with Gasteiger partial charge in [-0.25, -0.2) is 0 Å². The smallest absolute Gasteiger partial charge is 0.150 e. The van der Waals surface area contributed by atoms with Gasteiger partial charge in [-0.05, 0) is 59.5 Å². The molecule has 0 fully saturated rings. The van der Waals surface area contributed by atoms with E-state index < -0.39 is 0 Å². The normalized spacial score (nSPS) is 10.2. The van der Waals surface area contributed by atoms with Gasteiger partial charge in [-0.3, -0.25) is 4.79 Å². The van der Waals surface area contributed by atoms with Crippen LogP contribution in [0, 0.1) is 13.8 Å². The molecule has 1 aromatic carbocycles. The predicted octanol–water partition coefficient (Wildman–Crippen LogP) is 3.76. The number of hydrogen-bond donors (Lipinski definition) is 0. The topological polar surface area (TPSA) is 26.3 Å². The predicted molar refractivity (Wildman–Crippen MR) is 70.0 cm³/mol. The number of aldehydes is 1. The van der Waals surface area contributed by atoms with Crippen molar-refractivity contribution in [1.82, 2.24) is 0 Å². The number of benzene rings is 1. The van der Waals surface area contributed by atoms with Crippen LogP contribution in [0.4, 0.5) is 0 Å². The summed E-state index contributed by atoms with van der Waals surface area (Å²) in [5.74, 6) is 0.877. The number of rotatable bonds is 4. The maximum absolute atomic E-state index is 10.7. The van der Waals surface area contributed by atoms with Crippen molar-refractivity contribution in [3.63, 3.8) is 0 Å². The molecule has 2 rings (SSSR count). The van der Waals surface area contributed by atoms with E-state index >= 15 is 0 Å². The fourth-order valence-electron chi connectivity index (χ4n) is 1.81. The van der Waals surface area contributed by atoms with E-state index in [4.69, 9.17) is 4.74 Å². The summed E-state index contributed by atoms with van der Waals surface area (Å²) in [6, 6.07) is 5.75. The van der Waals surface area contributed by atoms with Crippen molar-refractivity contribution in [3.05, 3.63) is 51.2 Å². The Labute approximate surface area is 105 Å². The molecule has 0 saturated heterocycles. The molecule has 0 bridgehead atoms. The molecule has 3 heteroatoms. The minimum absolute atomic E-state index is 0.575. The minimum atomic E-state index is 0.575. The molecule has 0 amide bonds. The van der Waals surface area contributed by atoms with Gasteiger partial charge < -0.3 is 4.74 Å². The Hall–Kier alpha value is -1.61. The Morgan fingerprint density at radius 2 is 2.00 bits per heavy atom. The largest absolute Gasteiger partial charge is 0.488 e. The van der Waals surface area contributed by atoms with Crippen LogP contribution >= 0.6 is 11.3 Å². The van der Waals surface area contributed by atoms with Gasteiger partial charge in [-0.15, -0.1) is 0 Å². The average molecular weight is 246 g/mol. The zero-order valence-electron chi connectivity index (χ0n) is 9.90. The third-order valence-corrected chi connectivity index (χ3v) is 3.31. The molecule has 0 radical (unpaired) electrons. The molecule has 0 saturated carbocycles. The van der Waals surface area contributed by atoms with Gasteiger partial charge in [-0.1, -0.05) is 0 Å². The van der Waals surface area contributed by atoms with Gasteiger partial charge in [0, 0.05) is 5.56 Å². The highest BCUT2D eigenvalue weighted by Crippen LogP contribution is 2.25. The molecule has 17 heavy (non-hydrogen) atoms. The van der Waals surface area contributed by atoms with E-state index in [2.05, 4.69) is 11.4 Å². The summed E-state index contributed by atoms with van der Waals surface area (Å²) in [4.78, 5) is 10.7. The number of hydrogen-bond acceptors (Lipinski definition) is 3. The van der Waals surface area contributed by atoms with Crippen LogP contribution in [0.15, 0.2) is 29.0 Å². The fourth-order valence-corrected chi connectivity index (χ4v) is 2.46. The van der Waals surface area contributed by atoms with Gasteiger partial charge in [0.15, 0.2) is 0 Å². The minimum Gasteiger partial charge on any atom is -0.488 e. The molecule has 0 aliphatic carbocycles. The van der Waals surface area contributed by atoms with E-state index in [1.807, 2.05) is 31.4 Å². The Balaban J connectivity index is 2.18. The molecular weight excluding hydrogens is 232 g/mol. The maximum atomic E-state index is 10.7. The van der Waals surface area contributed by atoms with Gasteiger partial charge >= 0.3 is 0 Å². The third kappa shape index (κ3) is 2.74. The first-order valence-electron chi connectivity index (χ1n) is 5.41. The summed E-state index contributed by atoms with van der Waals surface area (Å²) < 4.78 is 5.80. The summed E-state index contributed by atoms with van der Waals surface area (Å²) in [7, 11) is 0. The molecular formula is C14H14O2S. The van der Waals surface area contributed by atoms with E-state index in [1.165, 1.54) is 5.56 Å². The van der Waals surface area contributed by atoms with Gasteiger partial charge in [0.25, 0.3) is 0 Å². The van der Waals surface area contributed by atoms with Crippen LogP contribution in [0.5, 0.6) is 5.75 Å². The van der Waals surface area contributed by atoms with Crippen molar-refractivity contribution in [1.29, 1.82) is 0 Å². The Bertz CT molecular complexity index is 492. The monoisotopic (exact) mass is 246 g/mol. The molecule has 0 aliphatic rings. The van der Waals surface area contributed by atoms with Crippen molar-refractivity contribution in [2.24, 2.45) is 0 Å². The lowest BCUT2D eigenvalue weighted by molar-refractivity contribution is 0.112. The molecule has 0 aliphatic heterocycles. The van der Waals surface area contributed by atoms with Crippen LogP contribution in [-0.4, -0.2) is 6.29 Å². The second-order valence-electron chi connectivity index (χ2n) is 4.02. The summed E-state index contributed by atoms with van der Waals surface area (Å²) >= 11 is 1.66. The van der Waals surface area contributed by atoms with Gasteiger partial charge in [0.1, 0.15) is 18.6 Å². The summed E-state index contributed by atoms with van der Waals surface area (Å²) in [6.45, 7) is 4.50. The molecule has 0 N–H and O–H groups in total. The highest BCUT2D eigenvalue weighted by molar-refractivity contribution is 7.07. The zero-order chi connectivity index (χ0) is 12.3. The first kappa shape index (κ1) is 11.9. The SMILES string of the molecule is Cc1cc(C=O)cc(C)c1OCc1ccsc1. The van der Waals surface area contributed by atoms with Crippen LogP contribution in [0.1, 0.15) is 27.0 Å².